The number of amides is 1. The van der Waals surface area contributed by atoms with E-state index in [1.54, 1.807) is 12.1 Å². The Morgan fingerprint density at radius 1 is 1.03 bits per heavy atom. The third-order valence-electron chi connectivity index (χ3n) is 5.92. The summed E-state index contributed by atoms with van der Waals surface area (Å²) < 4.78 is 18.8. The Kier molecular flexibility index (Phi) is 6.91. The molecule has 0 radical (unpaired) electrons. The number of halogens is 1. The fourth-order valence-corrected chi connectivity index (χ4v) is 3.91. The van der Waals surface area contributed by atoms with Crippen LogP contribution in [0.2, 0.25) is 0 Å². The number of carbonyl (C=O) groups is 1. The molecule has 1 aliphatic heterocycles. The first kappa shape index (κ1) is 23.1. The van der Waals surface area contributed by atoms with Crippen molar-refractivity contribution in [1.82, 2.24) is 14.8 Å². The molecule has 2 aromatic carbocycles. The largest absolute Gasteiger partial charge is 0.447 e. The van der Waals surface area contributed by atoms with Gasteiger partial charge in [-0.1, -0.05) is 51.1 Å². The molecule has 1 amide bonds. The van der Waals surface area contributed by atoms with Gasteiger partial charge in [-0.25, -0.2) is 9.37 Å². The number of carbonyl (C=O) groups excluding carboxylic acids is 1. The Hall–Kier alpha value is -3.03. The highest BCUT2D eigenvalue weighted by molar-refractivity contribution is 6.02. The Morgan fingerprint density at radius 3 is 2.33 bits per heavy atom. The maximum absolute atomic E-state index is 13.3. The highest BCUT2D eigenvalue weighted by atomic mass is 19.1. The van der Waals surface area contributed by atoms with Crippen LogP contribution >= 0.6 is 0 Å². The number of benzene rings is 2. The predicted molar refractivity (Wildman–Crippen MR) is 127 cm³/mol. The van der Waals surface area contributed by atoms with Gasteiger partial charge in [0.15, 0.2) is 5.69 Å². The number of anilines is 1. The Bertz CT molecular complexity index is 1080. The highest BCUT2D eigenvalue weighted by Gasteiger charge is 2.20. The summed E-state index contributed by atoms with van der Waals surface area (Å²) in [5.41, 5.74) is 3.42. The summed E-state index contributed by atoms with van der Waals surface area (Å²) in [5, 5.41) is 2.63. The van der Waals surface area contributed by atoms with Crippen molar-refractivity contribution < 1.29 is 13.6 Å². The van der Waals surface area contributed by atoms with Gasteiger partial charge in [-0.15, -0.1) is 0 Å². The molecule has 6 nitrogen and oxygen atoms in total. The van der Waals surface area contributed by atoms with Crippen LogP contribution in [0.25, 0.3) is 0 Å². The van der Waals surface area contributed by atoms with Gasteiger partial charge in [0.25, 0.3) is 5.91 Å². The molecule has 1 fully saturated rings. The minimum Gasteiger partial charge on any atom is -0.447 e. The topological polar surface area (TPSA) is 61.6 Å². The molecule has 3 aromatic rings. The Morgan fingerprint density at radius 2 is 1.70 bits per heavy atom. The normalized spacial score (nSPS) is 15.5. The van der Waals surface area contributed by atoms with Crippen molar-refractivity contribution in [1.29, 1.82) is 0 Å². The average molecular weight is 451 g/mol. The first-order valence-corrected chi connectivity index (χ1v) is 11.3. The van der Waals surface area contributed by atoms with E-state index in [2.05, 4.69) is 65.1 Å². The van der Waals surface area contributed by atoms with E-state index in [0.717, 1.165) is 32.7 Å². The van der Waals surface area contributed by atoms with E-state index < -0.39 is 11.7 Å². The van der Waals surface area contributed by atoms with Crippen molar-refractivity contribution in [3.05, 3.63) is 83.3 Å². The van der Waals surface area contributed by atoms with E-state index in [1.165, 1.54) is 29.5 Å². The van der Waals surface area contributed by atoms with Crippen LogP contribution in [0.1, 0.15) is 48.3 Å². The molecule has 0 atom stereocenters. The summed E-state index contributed by atoms with van der Waals surface area (Å²) in [6.45, 7) is 11.9. The monoisotopic (exact) mass is 450 g/mol. The first-order chi connectivity index (χ1) is 15.8. The molecule has 174 valence electrons. The van der Waals surface area contributed by atoms with Crippen LogP contribution in [0, 0.1) is 5.82 Å². The van der Waals surface area contributed by atoms with Crippen LogP contribution in [-0.2, 0) is 18.5 Å². The van der Waals surface area contributed by atoms with Crippen LogP contribution in [0.5, 0.6) is 0 Å². The van der Waals surface area contributed by atoms with Gasteiger partial charge in [0.05, 0.1) is 6.54 Å². The van der Waals surface area contributed by atoms with Crippen LogP contribution < -0.4 is 5.32 Å². The standard InChI is InChI=1S/C26H31FN4O2/c1-26(2,3)20-9-7-19(8-10-20)16-30-11-13-31(14-12-30)17-24-29-23(18-33-24)25(32)28-22-6-4-5-21(27)15-22/h4-10,15,18H,11-14,16-17H2,1-3H3,(H,28,32). The number of nitrogens with zero attached hydrogens (tertiary/aromatic N) is 3. The molecule has 0 saturated carbocycles. The molecule has 0 bridgehead atoms. The van der Waals surface area contributed by atoms with E-state index in [4.69, 9.17) is 4.42 Å². The van der Waals surface area contributed by atoms with Crippen molar-refractivity contribution >= 4 is 11.6 Å². The molecule has 0 spiro atoms. The van der Waals surface area contributed by atoms with Gasteiger partial charge in [0.1, 0.15) is 12.1 Å². The molecule has 0 aliphatic carbocycles. The van der Waals surface area contributed by atoms with Crippen LogP contribution in [0.4, 0.5) is 10.1 Å². The Labute approximate surface area is 194 Å². The zero-order valence-corrected chi connectivity index (χ0v) is 19.5. The summed E-state index contributed by atoms with van der Waals surface area (Å²) in [7, 11) is 0. The van der Waals surface area contributed by atoms with Crippen molar-refractivity contribution in [2.75, 3.05) is 31.5 Å². The molecular weight excluding hydrogens is 419 g/mol. The molecule has 1 aromatic heterocycles. The van der Waals surface area contributed by atoms with Crippen LogP contribution in [0.3, 0.4) is 0 Å². The molecule has 1 N–H and O–H groups in total. The Balaban J connectivity index is 1.25. The number of hydrogen-bond acceptors (Lipinski definition) is 5. The summed E-state index contributed by atoms with van der Waals surface area (Å²) in [6.07, 6.45) is 1.35. The minimum absolute atomic E-state index is 0.171. The second-order valence-electron chi connectivity index (χ2n) is 9.59. The summed E-state index contributed by atoms with van der Waals surface area (Å²) in [5.74, 6) is -0.321. The van der Waals surface area contributed by atoms with Gasteiger partial charge < -0.3 is 9.73 Å². The molecule has 7 heteroatoms. The SMILES string of the molecule is CC(C)(C)c1ccc(CN2CCN(Cc3nc(C(=O)Nc4cccc(F)c4)co3)CC2)cc1. The number of piperazine rings is 1. The van der Waals surface area contributed by atoms with E-state index in [0.29, 0.717) is 18.1 Å². The molecular formula is C26H31FN4O2. The highest BCUT2D eigenvalue weighted by Crippen LogP contribution is 2.23. The van der Waals surface area contributed by atoms with Gasteiger partial charge in [-0.05, 0) is 34.7 Å². The van der Waals surface area contributed by atoms with Crippen molar-refractivity contribution in [3.63, 3.8) is 0 Å². The zero-order valence-electron chi connectivity index (χ0n) is 19.5. The lowest BCUT2D eigenvalue weighted by Crippen LogP contribution is -2.45. The lowest BCUT2D eigenvalue weighted by molar-refractivity contribution is 0.102. The van der Waals surface area contributed by atoms with Crippen LogP contribution in [0.15, 0.2) is 59.2 Å². The van der Waals surface area contributed by atoms with Crippen molar-refractivity contribution in [2.24, 2.45) is 0 Å². The van der Waals surface area contributed by atoms with Crippen molar-refractivity contribution in [3.8, 4) is 0 Å². The second-order valence-corrected chi connectivity index (χ2v) is 9.59. The number of hydrogen-bond donors (Lipinski definition) is 1. The van der Waals surface area contributed by atoms with Gasteiger partial charge in [0.2, 0.25) is 5.89 Å². The molecule has 1 saturated heterocycles. The van der Waals surface area contributed by atoms with Gasteiger partial charge in [0, 0.05) is 38.4 Å². The van der Waals surface area contributed by atoms with Gasteiger partial charge in [-0.3, -0.25) is 14.6 Å². The lowest BCUT2D eigenvalue weighted by atomic mass is 9.87. The van der Waals surface area contributed by atoms with E-state index in [9.17, 15) is 9.18 Å². The van der Waals surface area contributed by atoms with Gasteiger partial charge in [-0.2, -0.15) is 0 Å². The number of oxazole rings is 1. The number of aromatic nitrogens is 1. The predicted octanol–water partition coefficient (Wildman–Crippen LogP) is 4.68. The van der Waals surface area contributed by atoms with Gasteiger partial charge >= 0.3 is 0 Å². The molecule has 0 unspecified atom stereocenters. The first-order valence-electron chi connectivity index (χ1n) is 11.3. The van der Waals surface area contributed by atoms with Crippen molar-refractivity contribution in [2.45, 2.75) is 39.3 Å². The third-order valence-corrected chi connectivity index (χ3v) is 5.92. The second kappa shape index (κ2) is 9.85. The lowest BCUT2D eigenvalue weighted by Gasteiger charge is -2.34. The minimum atomic E-state index is -0.419. The average Bonchev–Trinajstić information content (AvgIpc) is 3.24. The summed E-state index contributed by atoms with van der Waals surface area (Å²) in [4.78, 5) is 21.4. The van der Waals surface area contributed by atoms with E-state index >= 15 is 0 Å². The quantitative estimate of drug-likeness (QED) is 0.591. The zero-order chi connectivity index (χ0) is 23.4. The van der Waals surface area contributed by atoms with Crippen LogP contribution in [-0.4, -0.2) is 46.9 Å². The molecule has 33 heavy (non-hydrogen) atoms. The fraction of sp³-hybridized carbons (Fsp3) is 0.385. The van der Waals surface area contributed by atoms with E-state index in [-0.39, 0.29) is 11.1 Å². The smallest absolute Gasteiger partial charge is 0.277 e. The maximum atomic E-state index is 13.3. The number of rotatable bonds is 6. The molecule has 2 heterocycles. The summed E-state index contributed by atoms with van der Waals surface area (Å²) >= 11 is 0. The van der Waals surface area contributed by atoms with E-state index in [1.807, 2.05) is 0 Å². The third kappa shape index (κ3) is 6.27. The maximum Gasteiger partial charge on any atom is 0.277 e. The molecule has 1 aliphatic rings. The molecule has 4 rings (SSSR count). The summed E-state index contributed by atoms with van der Waals surface area (Å²) in [6, 6.07) is 14.7. The fourth-order valence-electron chi connectivity index (χ4n) is 3.91. The number of nitrogens with one attached hydrogen (secondary N) is 1.